The molecule has 1 saturated heterocycles. The predicted octanol–water partition coefficient (Wildman–Crippen LogP) is 2.68. The Bertz CT molecular complexity index is 965. The zero-order valence-electron chi connectivity index (χ0n) is 15.1. The number of anilines is 1. The number of urea groups is 1. The van der Waals surface area contributed by atoms with Gasteiger partial charge in [-0.15, -0.1) is 0 Å². The Morgan fingerprint density at radius 2 is 1.67 bits per heavy atom. The Morgan fingerprint density at radius 3 is 2.33 bits per heavy atom. The van der Waals surface area contributed by atoms with Gasteiger partial charge in [0, 0.05) is 0 Å². The van der Waals surface area contributed by atoms with Crippen LogP contribution in [0.2, 0.25) is 0 Å². The number of amides is 4. The fourth-order valence-electron chi connectivity index (χ4n) is 2.80. The molecule has 138 valence electrons. The molecule has 2 aromatic rings. The summed E-state index contributed by atoms with van der Waals surface area (Å²) in [5, 5.41) is 2.21. The molecule has 1 heterocycles. The summed E-state index contributed by atoms with van der Waals surface area (Å²) in [4.78, 5) is 38.4. The summed E-state index contributed by atoms with van der Waals surface area (Å²) in [6.45, 7) is 1.78. The Labute approximate surface area is 156 Å². The number of hydrogen-bond donors (Lipinski definition) is 1. The molecule has 4 amide bonds. The van der Waals surface area contributed by atoms with Crippen molar-refractivity contribution in [2.75, 3.05) is 19.1 Å². The van der Waals surface area contributed by atoms with Gasteiger partial charge >= 0.3 is 6.03 Å². The first-order valence-corrected chi connectivity index (χ1v) is 8.15. The zero-order valence-corrected chi connectivity index (χ0v) is 15.1. The van der Waals surface area contributed by atoms with Crippen LogP contribution in [0.3, 0.4) is 0 Å². The summed E-state index contributed by atoms with van der Waals surface area (Å²) in [5.41, 5.74) is 1.57. The van der Waals surface area contributed by atoms with E-state index in [0.29, 0.717) is 22.7 Å². The summed E-state index contributed by atoms with van der Waals surface area (Å²) in [6, 6.07) is 11.2. The smallest absolute Gasteiger partial charge is 0.335 e. The summed E-state index contributed by atoms with van der Waals surface area (Å²) in [5.74, 6) is -0.449. The molecule has 0 aromatic heterocycles. The largest absolute Gasteiger partial charge is 0.493 e. The van der Waals surface area contributed by atoms with Gasteiger partial charge in [0.05, 0.1) is 19.9 Å². The Hall–Kier alpha value is -3.61. The minimum atomic E-state index is -0.774. The van der Waals surface area contributed by atoms with Crippen LogP contribution in [0.4, 0.5) is 10.5 Å². The SMILES string of the molecule is COc1ccc(/C=C2/C(=O)NC(=O)N(c3ccccc3C)C2=O)cc1OC. The van der Waals surface area contributed by atoms with Crippen molar-refractivity contribution in [2.45, 2.75) is 6.92 Å². The lowest BCUT2D eigenvalue weighted by Crippen LogP contribution is -2.54. The summed E-state index contributed by atoms with van der Waals surface area (Å²) in [6.07, 6.45) is 1.41. The van der Waals surface area contributed by atoms with Crippen molar-refractivity contribution in [1.82, 2.24) is 5.32 Å². The maximum Gasteiger partial charge on any atom is 0.335 e. The van der Waals surface area contributed by atoms with Crippen LogP contribution in [0.5, 0.6) is 11.5 Å². The lowest BCUT2D eigenvalue weighted by atomic mass is 10.1. The van der Waals surface area contributed by atoms with Crippen LogP contribution in [0.15, 0.2) is 48.0 Å². The molecule has 1 fully saturated rings. The minimum Gasteiger partial charge on any atom is -0.493 e. The van der Waals surface area contributed by atoms with E-state index in [0.717, 1.165) is 10.5 Å². The van der Waals surface area contributed by atoms with Gasteiger partial charge in [-0.2, -0.15) is 0 Å². The van der Waals surface area contributed by atoms with E-state index in [4.69, 9.17) is 9.47 Å². The van der Waals surface area contributed by atoms with Crippen LogP contribution in [-0.2, 0) is 9.59 Å². The third kappa shape index (κ3) is 3.39. The molecule has 1 aliphatic heterocycles. The number of barbiturate groups is 1. The number of aryl methyl sites for hydroxylation is 1. The average molecular weight is 366 g/mol. The first-order chi connectivity index (χ1) is 13.0. The van der Waals surface area contributed by atoms with Gasteiger partial charge in [0.15, 0.2) is 11.5 Å². The maximum atomic E-state index is 12.9. The lowest BCUT2D eigenvalue weighted by Gasteiger charge is -2.27. The molecule has 7 nitrogen and oxygen atoms in total. The summed E-state index contributed by atoms with van der Waals surface area (Å²) >= 11 is 0. The minimum absolute atomic E-state index is 0.148. The van der Waals surface area contributed by atoms with Crippen molar-refractivity contribution in [3.63, 3.8) is 0 Å². The molecule has 0 bridgehead atoms. The summed E-state index contributed by atoms with van der Waals surface area (Å²) in [7, 11) is 3.01. The normalized spacial score (nSPS) is 15.7. The van der Waals surface area contributed by atoms with E-state index in [1.165, 1.54) is 20.3 Å². The van der Waals surface area contributed by atoms with Gasteiger partial charge in [0.1, 0.15) is 5.57 Å². The highest BCUT2D eigenvalue weighted by Gasteiger charge is 2.37. The molecule has 7 heteroatoms. The monoisotopic (exact) mass is 366 g/mol. The molecule has 0 radical (unpaired) electrons. The zero-order chi connectivity index (χ0) is 19.6. The van der Waals surface area contributed by atoms with Crippen molar-refractivity contribution in [3.8, 4) is 11.5 Å². The molecule has 1 N–H and O–H groups in total. The van der Waals surface area contributed by atoms with E-state index in [9.17, 15) is 14.4 Å². The van der Waals surface area contributed by atoms with Gasteiger partial charge < -0.3 is 9.47 Å². The number of carbonyl (C=O) groups excluding carboxylic acids is 3. The Kier molecular flexibility index (Phi) is 4.94. The molecule has 3 rings (SSSR count). The van der Waals surface area contributed by atoms with Gasteiger partial charge in [-0.3, -0.25) is 14.9 Å². The van der Waals surface area contributed by atoms with Crippen LogP contribution >= 0.6 is 0 Å². The highest BCUT2D eigenvalue weighted by molar-refractivity contribution is 6.39. The lowest BCUT2D eigenvalue weighted by molar-refractivity contribution is -0.122. The third-order valence-electron chi connectivity index (χ3n) is 4.18. The number of benzene rings is 2. The first kappa shape index (κ1) is 18.2. The standard InChI is InChI=1S/C20H18N2O5/c1-12-6-4-5-7-15(12)22-19(24)14(18(23)21-20(22)25)10-13-8-9-16(26-2)17(11-13)27-3/h4-11H,1-3H3,(H,21,23,25)/b14-10-. The van der Waals surface area contributed by atoms with Crippen LogP contribution in [0, 0.1) is 6.92 Å². The van der Waals surface area contributed by atoms with Gasteiger partial charge in [-0.05, 0) is 42.3 Å². The number of hydrogen-bond acceptors (Lipinski definition) is 5. The van der Waals surface area contributed by atoms with Crippen LogP contribution in [0.25, 0.3) is 6.08 Å². The number of rotatable bonds is 4. The van der Waals surface area contributed by atoms with Gasteiger partial charge in [0.25, 0.3) is 11.8 Å². The highest BCUT2D eigenvalue weighted by Crippen LogP contribution is 2.29. The van der Waals surface area contributed by atoms with Gasteiger partial charge in [-0.25, -0.2) is 9.69 Å². The molecule has 2 aromatic carbocycles. The molecular formula is C20H18N2O5. The van der Waals surface area contributed by atoms with Crippen molar-refractivity contribution < 1.29 is 23.9 Å². The Morgan fingerprint density at radius 1 is 0.963 bits per heavy atom. The number of ether oxygens (including phenoxy) is 2. The van der Waals surface area contributed by atoms with E-state index in [1.54, 1.807) is 49.4 Å². The van der Waals surface area contributed by atoms with E-state index in [2.05, 4.69) is 5.32 Å². The second kappa shape index (κ2) is 7.33. The van der Waals surface area contributed by atoms with Crippen LogP contribution in [0.1, 0.15) is 11.1 Å². The van der Waals surface area contributed by atoms with Crippen molar-refractivity contribution >= 4 is 29.6 Å². The fourth-order valence-corrected chi connectivity index (χ4v) is 2.80. The number of para-hydroxylation sites is 1. The number of carbonyl (C=O) groups is 3. The van der Waals surface area contributed by atoms with E-state index in [-0.39, 0.29) is 5.57 Å². The summed E-state index contributed by atoms with van der Waals surface area (Å²) < 4.78 is 10.4. The highest BCUT2D eigenvalue weighted by atomic mass is 16.5. The van der Waals surface area contributed by atoms with E-state index >= 15 is 0 Å². The van der Waals surface area contributed by atoms with Crippen LogP contribution < -0.4 is 19.7 Å². The molecule has 27 heavy (non-hydrogen) atoms. The second-order valence-electron chi connectivity index (χ2n) is 5.86. The second-order valence-corrected chi connectivity index (χ2v) is 5.86. The quantitative estimate of drug-likeness (QED) is 0.664. The molecular weight excluding hydrogens is 348 g/mol. The van der Waals surface area contributed by atoms with Crippen LogP contribution in [-0.4, -0.2) is 32.1 Å². The molecule has 0 saturated carbocycles. The van der Waals surface area contributed by atoms with Crippen molar-refractivity contribution in [2.24, 2.45) is 0 Å². The average Bonchev–Trinajstić information content (AvgIpc) is 2.66. The fraction of sp³-hybridized carbons (Fsp3) is 0.150. The van der Waals surface area contributed by atoms with E-state index in [1.807, 2.05) is 0 Å². The number of imide groups is 2. The third-order valence-corrected chi connectivity index (χ3v) is 4.18. The number of nitrogens with zero attached hydrogens (tertiary/aromatic N) is 1. The van der Waals surface area contributed by atoms with Gasteiger partial charge in [-0.1, -0.05) is 24.3 Å². The van der Waals surface area contributed by atoms with Gasteiger partial charge in [0.2, 0.25) is 0 Å². The molecule has 0 atom stereocenters. The molecule has 1 aliphatic rings. The maximum absolute atomic E-state index is 12.9. The number of methoxy groups -OCH3 is 2. The topological polar surface area (TPSA) is 84.9 Å². The Balaban J connectivity index is 2.03. The number of nitrogens with one attached hydrogen (secondary N) is 1. The van der Waals surface area contributed by atoms with Crippen molar-refractivity contribution in [1.29, 1.82) is 0 Å². The van der Waals surface area contributed by atoms with E-state index < -0.39 is 17.8 Å². The predicted molar refractivity (Wildman–Crippen MR) is 99.7 cm³/mol. The van der Waals surface area contributed by atoms with Crippen molar-refractivity contribution in [3.05, 3.63) is 59.2 Å². The molecule has 0 spiro atoms. The first-order valence-electron chi connectivity index (χ1n) is 8.15. The molecule has 0 unspecified atom stereocenters. The molecule has 0 aliphatic carbocycles.